The van der Waals surface area contributed by atoms with Crippen LogP contribution >= 0.6 is 22.9 Å². The molecule has 0 radical (unpaired) electrons. The zero-order valence-electron chi connectivity index (χ0n) is 15.2. The number of aromatic nitrogens is 3. The number of hydrogen-bond donors (Lipinski definition) is 1. The highest BCUT2D eigenvalue weighted by Gasteiger charge is 2.12. The van der Waals surface area contributed by atoms with E-state index in [4.69, 9.17) is 11.6 Å². The largest absolute Gasteiger partial charge is 0.311 e. The molecule has 0 aliphatic rings. The maximum absolute atomic E-state index is 13.4. The number of benzene rings is 2. The minimum absolute atomic E-state index is 0.119. The third-order valence-electron chi connectivity index (χ3n) is 4.17. The molecular formula is C21H16ClFN4OS. The van der Waals surface area contributed by atoms with Gasteiger partial charge in [0.05, 0.1) is 24.9 Å². The first-order chi connectivity index (χ1) is 14.1. The highest BCUT2D eigenvalue weighted by atomic mass is 35.5. The van der Waals surface area contributed by atoms with E-state index in [1.54, 1.807) is 29.1 Å². The molecule has 0 saturated carbocycles. The van der Waals surface area contributed by atoms with Crippen molar-refractivity contribution in [3.8, 4) is 10.6 Å². The summed E-state index contributed by atoms with van der Waals surface area (Å²) in [4.78, 5) is 16.9. The lowest BCUT2D eigenvalue weighted by Gasteiger charge is -2.09. The minimum atomic E-state index is -0.315. The van der Waals surface area contributed by atoms with Gasteiger partial charge in [-0.1, -0.05) is 35.9 Å². The Labute approximate surface area is 175 Å². The standard InChI is InChI=1S/C21H16ClFN4OS/c22-16-5-1-3-14(9-16)12-27-19(7-8-24-27)26-20(28)11-18-13-29-21(25-18)15-4-2-6-17(23)10-15/h1-10,13H,11-12H2,(H,26,28). The first-order valence-electron chi connectivity index (χ1n) is 8.83. The second kappa shape index (κ2) is 8.55. The molecule has 146 valence electrons. The average Bonchev–Trinajstić information content (AvgIpc) is 3.32. The van der Waals surface area contributed by atoms with Crippen LogP contribution in [0.4, 0.5) is 10.2 Å². The molecule has 2 heterocycles. The highest BCUT2D eigenvalue weighted by molar-refractivity contribution is 7.13. The fourth-order valence-corrected chi connectivity index (χ4v) is 3.90. The van der Waals surface area contributed by atoms with Crippen LogP contribution in [0.25, 0.3) is 10.6 Å². The van der Waals surface area contributed by atoms with Crippen LogP contribution in [-0.2, 0) is 17.8 Å². The summed E-state index contributed by atoms with van der Waals surface area (Å²) in [5.74, 6) is 0.0782. The van der Waals surface area contributed by atoms with E-state index >= 15 is 0 Å². The molecule has 0 spiro atoms. The van der Waals surface area contributed by atoms with E-state index in [2.05, 4.69) is 15.4 Å². The van der Waals surface area contributed by atoms with Gasteiger partial charge in [-0.3, -0.25) is 4.79 Å². The number of thiazole rings is 1. The number of hydrogen-bond acceptors (Lipinski definition) is 4. The van der Waals surface area contributed by atoms with Crippen molar-refractivity contribution >= 4 is 34.7 Å². The van der Waals surface area contributed by atoms with E-state index in [0.29, 0.717) is 33.7 Å². The molecule has 0 fully saturated rings. The first kappa shape index (κ1) is 19.3. The number of halogens is 2. The van der Waals surface area contributed by atoms with Crippen molar-refractivity contribution in [3.05, 3.63) is 88.3 Å². The van der Waals surface area contributed by atoms with Gasteiger partial charge in [-0.25, -0.2) is 14.1 Å². The van der Waals surface area contributed by atoms with Gasteiger partial charge in [0.25, 0.3) is 0 Å². The summed E-state index contributed by atoms with van der Waals surface area (Å²) < 4.78 is 15.1. The Balaban J connectivity index is 1.41. The molecule has 4 aromatic rings. The maximum Gasteiger partial charge on any atom is 0.231 e. The van der Waals surface area contributed by atoms with Crippen LogP contribution < -0.4 is 5.32 Å². The third-order valence-corrected chi connectivity index (χ3v) is 5.35. The molecule has 0 unspecified atom stereocenters. The molecule has 0 bridgehead atoms. The number of carbonyl (C=O) groups excluding carboxylic acids is 1. The van der Waals surface area contributed by atoms with Gasteiger partial charge >= 0.3 is 0 Å². The van der Waals surface area contributed by atoms with E-state index in [1.807, 2.05) is 29.6 Å². The van der Waals surface area contributed by atoms with Gasteiger partial charge in [0, 0.05) is 22.0 Å². The molecule has 4 rings (SSSR count). The van der Waals surface area contributed by atoms with Crippen LogP contribution in [0.5, 0.6) is 0 Å². The number of anilines is 1. The molecule has 0 saturated heterocycles. The number of carbonyl (C=O) groups is 1. The molecule has 0 aliphatic carbocycles. The van der Waals surface area contributed by atoms with Crippen LogP contribution in [0.15, 0.2) is 66.2 Å². The van der Waals surface area contributed by atoms with E-state index in [9.17, 15) is 9.18 Å². The van der Waals surface area contributed by atoms with Gasteiger partial charge in [-0.2, -0.15) is 5.10 Å². The summed E-state index contributed by atoms with van der Waals surface area (Å²) in [7, 11) is 0. The highest BCUT2D eigenvalue weighted by Crippen LogP contribution is 2.24. The first-order valence-corrected chi connectivity index (χ1v) is 10.1. The van der Waals surface area contributed by atoms with Crippen LogP contribution in [-0.4, -0.2) is 20.7 Å². The number of nitrogens with zero attached hydrogens (tertiary/aromatic N) is 3. The summed E-state index contributed by atoms with van der Waals surface area (Å²) in [6.07, 6.45) is 1.75. The van der Waals surface area contributed by atoms with Crippen molar-refractivity contribution in [1.82, 2.24) is 14.8 Å². The van der Waals surface area contributed by atoms with Gasteiger partial charge in [-0.05, 0) is 29.8 Å². The molecule has 2 aromatic heterocycles. The topological polar surface area (TPSA) is 59.8 Å². The molecule has 0 atom stereocenters. The summed E-state index contributed by atoms with van der Waals surface area (Å²) >= 11 is 7.41. The lowest BCUT2D eigenvalue weighted by atomic mass is 10.2. The molecule has 1 amide bonds. The normalized spacial score (nSPS) is 10.8. The van der Waals surface area contributed by atoms with Crippen molar-refractivity contribution in [1.29, 1.82) is 0 Å². The zero-order valence-corrected chi connectivity index (χ0v) is 16.8. The predicted octanol–water partition coefficient (Wildman–Crippen LogP) is 5.03. The number of amides is 1. The van der Waals surface area contributed by atoms with Crippen molar-refractivity contribution in [2.75, 3.05) is 5.32 Å². The number of rotatable bonds is 6. The molecule has 2 aromatic carbocycles. The Morgan fingerprint density at radius 1 is 1.17 bits per heavy atom. The quantitative estimate of drug-likeness (QED) is 0.470. The van der Waals surface area contributed by atoms with E-state index in [0.717, 1.165) is 5.56 Å². The molecule has 8 heteroatoms. The summed E-state index contributed by atoms with van der Waals surface area (Å²) in [6.45, 7) is 0.490. The van der Waals surface area contributed by atoms with Gasteiger partial charge < -0.3 is 5.32 Å². The Hall–Kier alpha value is -3.03. The van der Waals surface area contributed by atoms with Gasteiger partial charge in [0.2, 0.25) is 5.91 Å². The summed E-state index contributed by atoms with van der Waals surface area (Å²) in [5, 5.41) is 10.3. The average molecular weight is 427 g/mol. The van der Waals surface area contributed by atoms with Crippen molar-refractivity contribution in [2.45, 2.75) is 13.0 Å². The molecule has 29 heavy (non-hydrogen) atoms. The maximum atomic E-state index is 13.4. The van der Waals surface area contributed by atoms with Crippen molar-refractivity contribution in [3.63, 3.8) is 0 Å². The van der Waals surface area contributed by atoms with Crippen LogP contribution in [0.3, 0.4) is 0 Å². The van der Waals surface area contributed by atoms with Crippen molar-refractivity contribution < 1.29 is 9.18 Å². The Morgan fingerprint density at radius 2 is 2.03 bits per heavy atom. The van der Waals surface area contributed by atoms with E-state index < -0.39 is 0 Å². The lowest BCUT2D eigenvalue weighted by molar-refractivity contribution is -0.115. The molecule has 5 nitrogen and oxygen atoms in total. The smallest absolute Gasteiger partial charge is 0.231 e. The molecular weight excluding hydrogens is 411 g/mol. The monoisotopic (exact) mass is 426 g/mol. The Morgan fingerprint density at radius 3 is 2.86 bits per heavy atom. The third kappa shape index (κ3) is 4.88. The van der Waals surface area contributed by atoms with Crippen molar-refractivity contribution in [2.24, 2.45) is 0 Å². The zero-order chi connectivity index (χ0) is 20.2. The second-order valence-electron chi connectivity index (χ2n) is 6.38. The van der Waals surface area contributed by atoms with Crippen LogP contribution in [0.1, 0.15) is 11.3 Å². The predicted molar refractivity (Wildman–Crippen MR) is 113 cm³/mol. The lowest BCUT2D eigenvalue weighted by Crippen LogP contribution is -2.18. The fourth-order valence-electron chi connectivity index (χ4n) is 2.87. The van der Waals surface area contributed by atoms with Crippen LogP contribution in [0.2, 0.25) is 5.02 Å². The molecule has 1 N–H and O–H groups in total. The fraction of sp³-hybridized carbons (Fsp3) is 0.0952. The Kier molecular flexibility index (Phi) is 5.69. The van der Waals surface area contributed by atoms with Gasteiger partial charge in [0.1, 0.15) is 16.6 Å². The molecule has 0 aliphatic heterocycles. The number of nitrogens with one attached hydrogen (secondary N) is 1. The van der Waals surface area contributed by atoms with Gasteiger partial charge in [0.15, 0.2) is 0 Å². The van der Waals surface area contributed by atoms with E-state index in [1.165, 1.54) is 23.5 Å². The van der Waals surface area contributed by atoms with E-state index in [-0.39, 0.29) is 18.1 Å². The summed E-state index contributed by atoms with van der Waals surface area (Å²) in [6, 6.07) is 15.5. The van der Waals surface area contributed by atoms with Gasteiger partial charge in [-0.15, -0.1) is 11.3 Å². The Bertz CT molecular complexity index is 1160. The summed E-state index contributed by atoms with van der Waals surface area (Å²) in [5.41, 5.74) is 2.31. The second-order valence-corrected chi connectivity index (χ2v) is 7.68. The van der Waals surface area contributed by atoms with Crippen LogP contribution in [0, 0.1) is 5.82 Å². The SMILES string of the molecule is O=C(Cc1csc(-c2cccc(F)c2)n1)Nc1ccnn1Cc1cccc(Cl)c1. The minimum Gasteiger partial charge on any atom is -0.311 e.